The summed E-state index contributed by atoms with van der Waals surface area (Å²) in [6.07, 6.45) is -4.14. The summed E-state index contributed by atoms with van der Waals surface area (Å²) in [6.45, 7) is 4.91. The molecule has 9 heteroatoms. The maximum Gasteiger partial charge on any atom is 0.419 e. The maximum absolute atomic E-state index is 14.3. The number of rotatable bonds is 3. The van der Waals surface area contributed by atoms with E-state index >= 15 is 0 Å². The van der Waals surface area contributed by atoms with Gasteiger partial charge in [0.1, 0.15) is 22.9 Å². The lowest BCUT2D eigenvalue weighted by atomic mass is 9.63. The molecule has 1 heterocycles. The number of alkyl halides is 3. The fourth-order valence-corrected chi connectivity index (χ4v) is 4.57. The van der Waals surface area contributed by atoms with Gasteiger partial charge in [0.15, 0.2) is 5.60 Å². The number of aromatic nitrogens is 2. The Morgan fingerprint density at radius 3 is 2.56 bits per heavy atom. The number of hydrogen-bond acceptors (Lipinski definition) is 5. The van der Waals surface area contributed by atoms with Crippen LogP contribution in [0.4, 0.5) is 23.2 Å². The van der Waals surface area contributed by atoms with Crippen LogP contribution in [0.25, 0.3) is 10.9 Å². The van der Waals surface area contributed by atoms with E-state index in [4.69, 9.17) is 4.74 Å². The quantitative estimate of drug-likeness (QED) is 0.537. The third-order valence-electron chi connectivity index (χ3n) is 6.10. The molecule has 2 aromatic carbocycles. The van der Waals surface area contributed by atoms with Crippen LogP contribution in [0.1, 0.15) is 43.3 Å². The van der Waals surface area contributed by atoms with Gasteiger partial charge in [-0.1, -0.05) is 19.9 Å². The molecule has 170 valence electrons. The first-order valence-electron chi connectivity index (χ1n) is 10.0. The SMILES string of the molecule is COc1ccc2c(c1)C(Nc1ccc(F)c3nc(C)ncc13)C(O)(C(F)(F)F)CC2(C)C. The van der Waals surface area contributed by atoms with Gasteiger partial charge in [0.25, 0.3) is 0 Å². The molecule has 1 aliphatic carbocycles. The Morgan fingerprint density at radius 1 is 1.19 bits per heavy atom. The van der Waals surface area contributed by atoms with E-state index in [0.29, 0.717) is 17.1 Å². The summed E-state index contributed by atoms with van der Waals surface area (Å²) in [7, 11) is 1.42. The number of ether oxygens (including phenoxy) is 1. The Morgan fingerprint density at radius 2 is 1.91 bits per heavy atom. The van der Waals surface area contributed by atoms with E-state index in [1.807, 2.05) is 0 Å². The molecule has 0 spiro atoms. The fourth-order valence-electron chi connectivity index (χ4n) is 4.57. The van der Waals surface area contributed by atoms with Crippen LogP contribution in [0.5, 0.6) is 5.75 Å². The monoisotopic (exact) mass is 449 g/mol. The lowest BCUT2D eigenvalue weighted by Gasteiger charge is -2.49. The van der Waals surface area contributed by atoms with Crippen molar-refractivity contribution in [3.05, 3.63) is 59.3 Å². The van der Waals surface area contributed by atoms with Crippen molar-refractivity contribution in [2.24, 2.45) is 0 Å². The van der Waals surface area contributed by atoms with E-state index in [1.54, 1.807) is 32.9 Å². The molecule has 5 nitrogen and oxygen atoms in total. The molecule has 2 atom stereocenters. The minimum Gasteiger partial charge on any atom is -0.497 e. The number of nitrogens with zero attached hydrogens (tertiary/aromatic N) is 2. The Balaban J connectivity index is 1.95. The van der Waals surface area contributed by atoms with Gasteiger partial charge < -0.3 is 15.2 Å². The number of aryl methyl sites for hydroxylation is 1. The Bertz CT molecular complexity index is 1200. The van der Waals surface area contributed by atoms with Crippen LogP contribution >= 0.6 is 0 Å². The second kappa shape index (κ2) is 7.30. The van der Waals surface area contributed by atoms with E-state index in [9.17, 15) is 22.7 Å². The predicted octanol–water partition coefficient (Wildman–Crippen LogP) is 5.21. The smallest absolute Gasteiger partial charge is 0.419 e. The molecule has 3 aromatic rings. The van der Waals surface area contributed by atoms with Crippen LogP contribution in [0.2, 0.25) is 0 Å². The van der Waals surface area contributed by atoms with Crippen LogP contribution in [0, 0.1) is 12.7 Å². The molecule has 0 fully saturated rings. The largest absolute Gasteiger partial charge is 0.497 e. The fraction of sp³-hybridized carbons (Fsp3) is 0.391. The van der Waals surface area contributed by atoms with Gasteiger partial charge >= 0.3 is 6.18 Å². The number of hydrogen-bond donors (Lipinski definition) is 2. The van der Waals surface area contributed by atoms with Crippen LogP contribution in [-0.4, -0.2) is 34.0 Å². The van der Waals surface area contributed by atoms with Gasteiger partial charge in [-0.2, -0.15) is 13.2 Å². The minimum atomic E-state index is -4.94. The number of fused-ring (bicyclic) bond motifs is 2. The van der Waals surface area contributed by atoms with Crippen molar-refractivity contribution in [1.82, 2.24) is 9.97 Å². The molecule has 32 heavy (non-hydrogen) atoms. The number of nitrogens with one attached hydrogen (secondary N) is 1. The first-order valence-corrected chi connectivity index (χ1v) is 10.0. The second-order valence-corrected chi connectivity index (χ2v) is 8.79. The predicted molar refractivity (Wildman–Crippen MR) is 112 cm³/mol. The topological polar surface area (TPSA) is 67.3 Å². The standard InChI is InChI=1S/C23H23F4N3O2/c1-12-28-10-15-18(8-7-17(24)19(15)29-12)30-20-14-9-13(32-4)5-6-16(14)21(2,3)11-22(20,31)23(25,26)27/h5-10,20,30-31H,11H2,1-4H3. The number of methoxy groups -OCH3 is 1. The Hall–Kier alpha value is -2.94. The van der Waals surface area contributed by atoms with Crippen molar-refractivity contribution >= 4 is 16.6 Å². The third-order valence-corrected chi connectivity index (χ3v) is 6.10. The number of halogens is 4. The molecule has 1 aromatic heterocycles. The van der Waals surface area contributed by atoms with Gasteiger partial charge in [-0.3, -0.25) is 0 Å². The van der Waals surface area contributed by atoms with Crippen LogP contribution in [-0.2, 0) is 5.41 Å². The molecule has 0 amide bonds. The normalized spacial score (nSPS) is 22.5. The summed E-state index contributed by atoms with van der Waals surface area (Å²) in [6, 6.07) is 5.77. The van der Waals surface area contributed by atoms with Crippen molar-refractivity contribution in [1.29, 1.82) is 0 Å². The van der Waals surface area contributed by atoms with Crippen molar-refractivity contribution in [2.75, 3.05) is 12.4 Å². The minimum absolute atomic E-state index is 0.0138. The van der Waals surface area contributed by atoms with Crippen molar-refractivity contribution in [3.63, 3.8) is 0 Å². The highest BCUT2D eigenvalue weighted by molar-refractivity contribution is 5.91. The summed E-state index contributed by atoms with van der Waals surface area (Å²) in [5.41, 5.74) is -2.98. The molecule has 0 radical (unpaired) electrons. The highest BCUT2D eigenvalue weighted by Crippen LogP contribution is 2.55. The van der Waals surface area contributed by atoms with Gasteiger partial charge in [-0.05, 0) is 54.2 Å². The van der Waals surface area contributed by atoms with Crippen molar-refractivity contribution in [2.45, 2.75) is 50.4 Å². The molecular weight excluding hydrogens is 426 g/mol. The molecule has 4 rings (SSSR count). The average molecular weight is 449 g/mol. The van der Waals surface area contributed by atoms with Crippen molar-refractivity contribution in [3.8, 4) is 5.75 Å². The van der Waals surface area contributed by atoms with E-state index in [-0.39, 0.29) is 22.2 Å². The molecule has 0 bridgehead atoms. The van der Waals surface area contributed by atoms with Crippen molar-refractivity contribution < 1.29 is 27.4 Å². The van der Waals surface area contributed by atoms with Gasteiger partial charge in [0.2, 0.25) is 0 Å². The molecule has 1 aliphatic rings. The summed E-state index contributed by atoms with van der Waals surface area (Å²) in [5.74, 6) is 0.0736. The number of anilines is 1. The molecular formula is C23H23F4N3O2. The zero-order chi connectivity index (χ0) is 23.5. The van der Waals surface area contributed by atoms with E-state index in [2.05, 4.69) is 15.3 Å². The third kappa shape index (κ3) is 3.44. The van der Waals surface area contributed by atoms with E-state index in [1.165, 1.54) is 25.4 Å². The Labute approximate surface area is 182 Å². The number of benzene rings is 2. The highest BCUT2D eigenvalue weighted by atomic mass is 19.4. The lowest BCUT2D eigenvalue weighted by molar-refractivity contribution is -0.275. The van der Waals surface area contributed by atoms with Gasteiger partial charge in [-0.15, -0.1) is 0 Å². The zero-order valence-electron chi connectivity index (χ0n) is 18.0. The van der Waals surface area contributed by atoms with Gasteiger partial charge in [-0.25, -0.2) is 14.4 Å². The summed E-state index contributed by atoms with van der Waals surface area (Å²) < 4.78 is 62.6. The summed E-state index contributed by atoms with van der Waals surface area (Å²) in [5, 5.41) is 14.2. The highest BCUT2D eigenvalue weighted by Gasteiger charge is 2.63. The van der Waals surface area contributed by atoms with Gasteiger partial charge in [0, 0.05) is 17.3 Å². The molecule has 2 unspecified atom stereocenters. The van der Waals surface area contributed by atoms with E-state index in [0.717, 1.165) is 6.07 Å². The van der Waals surface area contributed by atoms with Crippen LogP contribution in [0.15, 0.2) is 36.5 Å². The first-order chi connectivity index (χ1) is 14.9. The second-order valence-electron chi connectivity index (χ2n) is 8.79. The molecule has 0 aliphatic heterocycles. The summed E-state index contributed by atoms with van der Waals surface area (Å²) >= 11 is 0. The molecule has 2 N–H and O–H groups in total. The zero-order valence-corrected chi connectivity index (χ0v) is 18.0. The maximum atomic E-state index is 14.3. The lowest BCUT2D eigenvalue weighted by Crippen LogP contribution is -2.58. The molecule has 0 saturated carbocycles. The average Bonchev–Trinajstić information content (AvgIpc) is 2.71. The van der Waals surface area contributed by atoms with Crippen LogP contribution in [0.3, 0.4) is 0 Å². The molecule has 0 saturated heterocycles. The van der Waals surface area contributed by atoms with E-state index < -0.39 is 35.5 Å². The van der Waals surface area contributed by atoms with Crippen LogP contribution < -0.4 is 10.1 Å². The summed E-state index contributed by atoms with van der Waals surface area (Å²) in [4.78, 5) is 8.14. The number of aliphatic hydroxyl groups is 1. The first kappa shape index (κ1) is 22.3. The Kier molecular flexibility index (Phi) is 5.08. The van der Waals surface area contributed by atoms with Gasteiger partial charge in [0.05, 0.1) is 13.2 Å².